The normalized spacial score (nSPS) is 20.6. The molecule has 1 saturated heterocycles. The first-order chi connectivity index (χ1) is 16.0. The van der Waals surface area contributed by atoms with Crippen LogP contribution in [0.3, 0.4) is 0 Å². The SMILES string of the molecule is CC(C)N1CCC(CN2c3ccccc3C3(COc4cc(O)c(O)cc43)c3ccccc32)C1. The summed E-state index contributed by atoms with van der Waals surface area (Å²) < 4.78 is 6.15. The van der Waals surface area contributed by atoms with Gasteiger partial charge < -0.3 is 24.7 Å². The molecular weight excluding hydrogens is 412 g/mol. The van der Waals surface area contributed by atoms with Gasteiger partial charge in [0.2, 0.25) is 0 Å². The summed E-state index contributed by atoms with van der Waals surface area (Å²) in [6.07, 6.45) is 1.21. The number of para-hydroxylation sites is 2. The smallest absolute Gasteiger partial charge is 0.161 e. The number of ether oxygens (including phenoxy) is 1. The van der Waals surface area contributed by atoms with Crippen LogP contribution in [0, 0.1) is 5.92 Å². The summed E-state index contributed by atoms with van der Waals surface area (Å²) in [5, 5.41) is 20.5. The Kier molecular flexibility index (Phi) is 4.59. The van der Waals surface area contributed by atoms with Crippen LogP contribution in [0.15, 0.2) is 60.7 Å². The van der Waals surface area contributed by atoms with E-state index in [0.717, 1.165) is 25.2 Å². The molecule has 3 aromatic rings. The Bertz CT molecular complexity index is 1170. The molecule has 0 aliphatic carbocycles. The highest BCUT2D eigenvalue weighted by atomic mass is 16.5. The van der Waals surface area contributed by atoms with Crippen molar-refractivity contribution in [2.45, 2.75) is 31.7 Å². The van der Waals surface area contributed by atoms with E-state index >= 15 is 0 Å². The third kappa shape index (κ3) is 2.95. The number of hydrogen-bond donors (Lipinski definition) is 2. The summed E-state index contributed by atoms with van der Waals surface area (Å²) in [5.41, 5.74) is 5.15. The van der Waals surface area contributed by atoms with Crippen molar-refractivity contribution in [3.63, 3.8) is 0 Å². The van der Waals surface area contributed by atoms with E-state index in [-0.39, 0.29) is 11.5 Å². The zero-order chi connectivity index (χ0) is 22.7. The van der Waals surface area contributed by atoms with E-state index in [1.54, 1.807) is 6.07 Å². The Morgan fingerprint density at radius 1 is 0.939 bits per heavy atom. The Balaban J connectivity index is 1.50. The first-order valence-electron chi connectivity index (χ1n) is 11.9. The lowest BCUT2D eigenvalue weighted by atomic mass is 9.67. The van der Waals surface area contributed by atoms with E-state index in [1.807, 2.05) is 0 Å². The van der Waals surface area contributed by atoms with Crippen LogP contribution in [-0.2, 0) is 5.41 Å². The predicted molar refractivity (Wildman–Crippen MR) is 130 cm³/mol. The topological polar surface area (TPSA) is 56.2 Å². The lowest BCUT2D eigenvalue weighted by Gasteiger charge is -2.44. The molecule has 1 atom stereocenters. The highest BCUT2D eigenvalue weighted by molar-refractivity contribution is 5.82. The molecule has 0 bridgehead atoms. The van der Waals surface area contributed by atoms with E-state index in [1.165, 1.54) is 35.0 Å². The van der Waals surface area contributed by atoms with Crippen molar-refractivity contribution in [2.24, 2.45) is 5.92 Å². The Labute approximate surface area is 194 Å². The number of anilines is 2. The van der Waals surface area contributed by atoms with E-state index in [2.05, 4.69) is 72.2 Å². The number of aromatic hydroxyl groups is 2. The van der Waals surface area contributed by atoms with Crippen LogP contribution in [0.5, 0.6) is 17.2 Å². The number of phenolic OH excluding ortho intramolecular Hbond substituents is 2. The minimum atomic E-state index is -0.524. The summed E-state index contributed by atoms with van der Waals surface area (Å²) in [4.78, 5) is 5.06. The van der Waals surface area contributed by atoms with Crippen LogP contribution in [0.2, 0.25) is 0 Å². The number of rotatable bonds is 3. The standard InChI is InChI=1S/C28H30N2O3/c1-18(2)29-12-11-19(15-29)16-30-23-9-5-3-7-20(23)28(21-8-4-6-10-24(21)30)17-33-27-14-26(32)25(31)13-22(27)28/h3-10,13-14,18-19,31-32H,11-12,15-17H2,1-2H3. The van der Waals surface area contributed by atoms with Crippen molar-refractivity contribution in [1.29, 1.82) is 0 Å². The second kappa shape index (κ2) is 7.42. The van der Waals surface area contributed by atoms with Crippen molar-refractivity contribution in [3.8, 4) is 17.2 Å². The van der Waals surface area contributed by atoms with Crippen LogP contribution in [0.1, 0.15) is 37.0 Å². The van der Waals surface area contributed by atoms with Crippen molar-refractivity contribution >= 4 is 11.4 Å². The Morgan fingerprint density at radius 3 is 2.21 bits per heavy atom. The van der Waals surface area contributed by atoms with Gasteiger partial charge in [0, 0.05) is 42.1 Å². The number of likely N-dealkylation sites (tertiary alicyclic amines) is 1. The molecule has 6 rings (SSSR count). The molecule has 0 saturated carbocycles. The maximum absolute atomic E-state index is 10.4. The van der Waals surface area contributed by atoms with Gasteiger partial charge in [0.05, 0.1) is 5.41 Å². The summed E-state index contributed by atoms with van der Waals surface area (Å²) in [7, 11) is 0. The third-order valence-electron chi connectivity index (χ3n) is 7.78. The molecule has 3 aromatic carbocycles. The average Bonchev–Trinajstić information content (AvgIpc) is 3.43. The van der Waals surface area contributed by atoms with E-state index in [4.69, 9.17) is 4.74 Å². The molecule has 2 N–H and O–H groups in total. The molecule has 5 nitrogen and oxygen atoms in total. The molecule has 33 heavy (non-hydrogen) atoms. The van der Waals surface area contributed by atoms with Gasteiger partial charge >= 0.3 is 0 Å². The molecule has 5 heteroatoms. The van der Waals surface area contributed by atoms with Gasteiger partial charge in [-0.1, -0.05) is 36.4 Å². The van der Waals surface area contributed by atoms with Crippen molar-refractivity contribution in [3.05, 3.63) is 77.4 Å². The molecule has 0 aromatic heterocycles. The Hall–Kier alpha value is -3.18. The number of fused-ring (bicyclic) bond motifs is 6. The lowest BCUT2D eigenvalue weighted by molar-refractivity contribution is 0.266. The first kappa shape index (κ1) is 20.4. The molecule has 3 heterocycles. The number of phenols is 2. The third-order valence-corrected chi connectivity index (χ3v) is 7.78. The van der Waals surface area contributed by atoms with Gasteiger partial charge in [0.25, 0.3) is 0 Å². The molecule has 1 spiro atoms. The van der Waals surface area contributed by atoms with Crippen LogP contribution in [-0.4, -0.2) is 47.4 Å². The fourth-order valence-electron chi connectivity index (χ4n) is 6.07. The molecule has 1 unspecified atom stereocenters. The summed E-state index contributed by atoms with van der Waals surface area (Å²) in [6.45, 7) is 8.26. The first-order valence-corrected chi connectivity index (χ1v) is 11.9. The maximum Gasteiger partial charge on any atom is 0.161 e. The van der Waals surface area contributed by atoms with Gasteiger partial charge in [-0.15, -0.1) is 0 Å². The molecule has 3 aliphatic rings. The number of hydrogen-bond acceptors (Lipinski definition) is 5. The van der Waals surface area contributed by atoms with Gasteiger partial charge in [-0.2, -0.15) is 0 Å². The minimum absolute atomic E-state index is 0.115. The summed E-state index contributed by atoms with van der Waals surface area (Å²) >= 11 is 0. The average molecular weight is 443 g/mol. The van der Waals surface area contributed by atoms with E-state index in [0.29, 0.717) is 24.3 Å². The number of nitrogens with zero attached hydrogens (tertiary/aromatic N) is 2. The highest BCUT2D eigenvalue weighted by Crippen LogP contribution is 2.58. The fraction of sp³-hybridized carbons (Fsp3) is 0.357. The monoisotopic (exact) mass is 442 g/mol. The van der Waals surface area contributed by atoms with Gasteiger partial charge in [-0.3, -0.25) is 0 Å². The predicted octanol–water partition coefficient (Wildman–Crippen LogP) is 5.01. The largest absolute Gasteiger partial charge is 0.504 e. The van der Waals surface area contributed by atoms with Gasteiger partial charge in [0.15, 0.2) is 11.5 Å². The van der Waals surface area contributed by atoms with Gasteiger partial charge in [-0.25, -0.2) is 0 Å². The molecule has 170 valence electrons. The molecular formula is C28H30N2O3. The quantitative estimate of drug-likeness (QED) is 0.559. The van der Waals surface area contributed by atoms with Gasteiger partial charge in [0.1, 0.15) is 12.4 Å². The second-order valence-corrected chi connectivity index (χ2v) is 9.92. The Morgan fingerprint density at radius 2 is 1.58 bits per heavy atom. The number of benzene rings is 3. The maximum atomic E-state index is 10.4. The van der Waals surface area contributed by atoms with E-state index in [9.17, 15) is 10.2 Å². The van der Waals surface area contributed by atoms with Crippen LogP contribution in [0.25, 0.3) is 0 Å². The van der Waals surface area contributed by atoms with Crippen LogP contribution >= 0.6 is 0 Å². The summed E-state index contributed by atoms with van der Waals surface area (Å²) in [6, 6.07) is 21.0. The highest BCUT2D eigenvalue weighted by Gasteiger charge is 2.50. The molecule has 3 aliphatic heterocycles. The van der Waals surface area contributed by atoms with Gasteiger partial charge in [-0.05, 0) is 62.1 Å². The van der Waals surface area contributed by atoms with Crippen LogP contribution < -0.4 is 9.64 Å². The van der Waals surface area contributed by atoms with Crippen molar-refractivity contribution in [1.82, 2.24) is 4.90 Å². The lowest BCUT2D eigenvalue weighted by Crippen LogP contribution is -2.41. The molecule has 0 radical (unpaired) electrons. The summed E-state index contributed by atoms with van der Waals surface area (Å²) in [5.74, 6) is 0.971. The molecule has 0 amide bonds. The molecule has 1 fully saturated rings. The van der Waals surface area contributed by atoms with Crippen molar-refractivity contribution in [2.75, 3.05) is 31.1 Å². The fourth-order valence-corrected chi connectivity index (χ4v) is 6.07. The van der Waals surface area contributed by atoms with Crippen molar-refractivity contribution < 1.29 is 14.9 Å². The zero-order valence-electron chi connectivity index (χ0n) is 19.2. The zero-order valence-corrected chi connectivity index (χ0v) is 19.2. The minimum Gasteiger partial charge on any atom is -0.504 e. The van der Waals surface area contributed by atoms with Crippen LogP contribution in [0.4, 0.5) is 11.4 Å². The van der Waals surface area contributed by atoms with E-state index < -0.39 is 5.41 Å². The second-order valence-electron chi connectivity index (χ2n) is 9.92.